The minimum atomic E-state index is -4.95. The van der Waals surface area contributed by atoms with E-state index in [0.29, 0.717) is 25.7 Å². The number of phosphoric ester groups is 2. The van der Waals surface area contributed by atoms with Crippen LogP contribution in [-0.2, 0) is 65.4 Å². The molecule has 0 fully saturated rings. The number of unbranched alkanes of at least 4 members (excludes halogenated alkanes) is 40. The van der Waals surface area contributed by atoms with E-state index in [9.17, 15) is 43.2 Å². The molecule has 0 rings (SSSR count). The highest BCUT2D eigenvalue weighted by molar-refractivity contribution is 7.47. The first-order valence-electron chi connectivity index (χ1n) is 37.5. The van der Waals surface area contributed by atoms with Crippen molar-refractivity contribution in [2.45, 2.75) is 387 Å². The van der Waals surface area contributed by atoms with E-state index >= 15 is 0 Å². The zero-order valence-corrected chi connectivity index (χ0v) is 60.9. The van der Waals surface area contributed by atoms with Gasteiger partial charge in [0.25, 0.3) is 0 Å². The molecule has 0 saturated carbocycles. The van der Waals surface area contributed by atoms with E-state index in [4.69, 9.17) is 37.0 Å². The Morgan fingerprint density at radius 3 is 0.835 bits per heavy atom. The van der Waals surface area contributed by atoms with Crippen molar-refractivity contribution in [2.75, 3.05) is 39.6 Å². The Labute approximate surface area is 556 Å². The molecule has 91 heavy (non-hydrogen) atoms. The lowest BCUT2D eigenvalue weighted by Gasteiger charge is -2.21. The van der Waals surface area contributed by atoms with Gasteiger partial charge in [0.15, 0.2) is 12.2 Å². The molecule has 0 aliphatic rings. The van der Waals surface area contributed by atoms with Crippen molar-refractivity contribution >= 4 is 39.5 Å². The number of hydrogen-bond acceptors (Lipinski definition) is 15. The van der Waals surface area contributed by atoms with Crippen molar-refractivity contribution in [1.29, 1.82) is 0 Å². The molecule has 0 aromatic rings. The summed E-state index contributed by atoms with van der Waals surface area (Å²) in [6, 6.07) is 0. The standard InChI is InChI=1S/C72H140O17P2/c1-7-10-12-14-16-18-19-20-21-22-23-24-25-32-38-44-50-56-71(76)88-68(61-83-70(75)55-49-43-37-31-27-26-30-35-41-47-53-65(6)9-3)63-87-91(80,81)85-59-66(73)58-84-90(78,79)86-62-67(60-82-69(74)54-48-42-36-17-15-13-11-8-2)89-72(77)57-51-45-39-33-28-29-34-40-46-52-64(4)5/h64-68,73H,7-63H2,1-6H3,(H,78,79)(H,80,81)/t65?,66-,67+,68+/m0/s1. The van der Waals surface area contributed by atoms with Crippen LogP contribution in [0.3, 0.4) is 0 Å². The number of ether oxygens (including phenoxy) is 4. The smallest absolute Gasteiger partial charge is 0.462 e. The first-order chi connectivity index (χ1) is 43.9. The van der Waals surface area contributed by atoms with Crippen molar-refractivity contribution in [2.24, 2.45) is 11.8 Å². The molecular formula is C72H140O17P2. The molecule has 0 bridgehead atoms. The molecule has 0 aromatic carbocycles. The van der Waals surface area contributed by atoms with Crippen LogP contribution < -0.4 is 0 Å². The number of rotatable bonds is 71. The Hall–Kier alpha value is -1.94. The lowest BCUT2D eigenvalue weighted by molar-refractivity contribution is -0.161. The lowest BCUT2D eigenvalue weighted by Crippen LogP contribution is -2.30. The van der Waals surface area contributed by atoms with E-state index in [0.717, 1.165) is 108 Å². The van der Waals surface area contributed by atoms with Crippen molar-refractivity contribution in [3.05, 3.63) is 0 Å². The quantitative estimate of drug-likeness (QED) is 0.0222. The lowest BCUT2D eigenvalue weighted by atomic mass is 9.99. The Morgan fingerprint density at radius 2 is 0.560 bits per heavy atom. The van der Waals surface area contributed by atoms with Crippen LogP contribution in [0.15, 0.2) is 0 Å². The molecule has 0 heterocycles. The first kappa shape index (κ1) is 89.1. The maximum Gasteiger partial charge on any atom is 0.472 e. The summed E-state index contributed by atoms with van der Waals surface area (Å²) >= 11 is 0. The molecule has 0 radical (unpaired) electrons. The van der Waals surface area contributed by atoms with Gasteiger partial charge in [-0.1, -0.05) is 318 Å². The SMILES string of the molecule is CCCCCCCCCCCCCCCCCCCC(=O)O[C@H](COC(=O)CCCCCCCCCCCCC(C)CC)COP(=O)(O)OC[C@@H](O)COP(=O)(O)OC[C@@H](COC(=O)CCCCCCCCCC)OC(=O)CCCCCCCCCCCC(C)C. The van der Waals surface area contributed by atoms with E-state index in [2.05, 4.69) is 41.5 Å². The third kappa shape index (κ3) is 65.1. The molecule has 3 unspecified atom stereocenters. The van der Waals surface area contributed by atoms with Crippen LogP contribution >= 0.6 is 15.6 Å². The summed E-state index contributed by atoms with van der Waals surface area (Å²) in [6.07, 6.45) is 49.9. The first-order valence-corrected chi connectivity index (χ1v) is 40.5. The molecule has 0 saturated heterocycles. The number of esters is 4. The predicted molar refractivity (Wildman–Crippen MR) is 368 cm³/mol. The highest BCUT2D eigenvalue weighted by atomic mass is 31.2. The third-order valence-electron chi connectivity index (χ3n) is 17.1. The van der Waals surface area contributed by atoms with Gasteiger partial charge < -0.3 is 33.8 Å². The normalized spacial score (nSPS) is 14.4. The molecule has 17 nitrogen and oxygen atoms in total. The maximum atomic E-state index is 13.0. The van der Waals surface area contributed by atoms with Crippen molar-refractivity contribution in [1.82, 2.24) is 0 Å². The van der Waals surface area contributed by atoms with Crippen LogP contribution in [0.1, 0.15) is 369 Å². The molecule has 0 spiro atoms. The average Bonchev–Trinajstić information content (AvgIpc) is 3.72. The van der Waals surface area contributed by atoms with Gasteiger partial charge in [0, 0.05) is 25.7 Å². The van der Waals surface area contributed by atoms with Gasteiger partial charge in [0.05, 0.1) is 26.4 Å². The zero-order valence-electron chi connectivity index (χ0n) is 59.1. The van der Waals surface area contributed by atoms with Gasteiger partial charge >= 0.3 is 39.5 Å². The van der Waals surface area contributed by atoms with E-state index in [1.165, 1.54) is 180 Å². The van der Waals surface area contributed by atoms with Crippen molar-refractivity contribution in [3.63, 3.8) is 0 Å². The molecule has 0 amide bonds. The maximum absolute atomic E-state index is 13.0. The number of carbonyl (C=O) groups excluding carboxylic acids is 4. The summed E-state index contributed by atoms with van der Waals surface area (Å²) in [5, 5.41) is 10.6. The summed E-state index contributed by atoms with van der Waals surface area (Å²) < 4.78 is 68.3. The summed E-state index contributed by atoms with van der Waals surface area (Å²) in [4.78, 5) is 72.6. The van der Waals surface area contributed by atoms with Gasteiger partial charge in [0.2, 0.25) is 0 Å². The molecule has 0 aliphatic carbocycles. The molecule has 540 valence electrons. The number of phosphoric acid groups is 2. The monoisotopic (exact) mass is 1340 g/mol. The Morgan fingerprint density at radius 1 is 0.319 bits per heavy atom. The highest BCUT2D eigenvalue weighted by Crippen LogP contribution is 2.45. The van der Waals surface area contributed by atoms with Crippen molar-refractivity contribution in [3.8, 4) is 0 Å². The average molecular weight is 1340 g/mol. The predicted octanol–water partition coefficient (Wildman–Crippen LogP) is 20.8. The van der Waals surface area contributed by atoms with Crippen LogP contribution in [0.25, 0.3) is 0 Å². The minimum Gasteiger partial charge on any atom is -0.462 e. The Balaban J connectivity index is 5.23. The fourth-order valence-corrected chi connectivity index (χ4v) is 12.5. The van der Waals surface area contributed by atoms with Crippen LogP contribution in [0.2, 0.25) is 0 Å². The van der Waals surface area contributed by atoms with E-state index in [1.54, 1.807) is 0 Å². The second-order valence-corrected chi connectivity index (χ2v) is 29.6. The molecular weight excluding hydrogens is 1200 g/mol. The van der Waals surface area contributed by atoms with Crippen LogP contribution in [0.5, 0.6) is 0 Å². The second kappa shape index (κ2) is 64.1. The fraction of sp³-hybridized carbons (Fsp3) is 0.944. The molecule has 19 heteroatoms. The van der Waals surface area contributed by atoms with Gasteiger partial charge in [-0.05, 0) is 37.5 Å². The fourth-order valence-electron chi connectivity index (χ4n) is 10.9. The van der Waals surface area contributed by atoms with E-state index in [1.807, 2.05) is 0 Å². The highest BCUT2D eigenvalue weighted by Gasteiger charge is 2.30. The van der Waals surface area contributed by atoms with Gasteiger partial charge in [0.1, 0.15) is 19.3 Å². The number of carbonyl (C=O) groups is 4. The van der Waals surface area contributed by atoms with Gasteiger partial charge in [-0.25, -0.2) is 9.13 Å². The zero-order chi connectivity index (χ0) is 67.2. The molecule has 3 N–H and O–H groups in total. The second-order valence-electron chi connectivity index (χ2n) is 26.7. The Bertz CT molecular complexity index is 1770. The van der Waals surface area contributed by atoms with Crippen LogP contribution in [0.4, 0.5) is 0 Å². The minimum absolute atomic E-state index is 0.105. The van der Waals surface area contributed by atoms with Gasteiger partial charge in [-0.3, -0.25) is 37.3 Å². The molecule has 6 atom stereocenters. The number of aliphatic hydroxyl groups excluding tert-OH is 1. The number of hydrogen-bond donors (Lipinski definition) is 3. The Kier molecular flexibility index (Phi) is 62.7. The summed E-state index contributed by atoms with van der Waals surface area (Å²) in [5.41, 5.74) is 0. The third-order valence-corrected chi connectivity index (χ3v) is 19.0. The van der Waals surface area contributed by atoms with Crippen LogP contribution in [-0.4, -0.2) is 96.7 Å². The number of aliphatic hydroxyl groups is 1. The van der Waals surface area contributed by atoms with Crippen molar-refractivity contribution < 1.29 is 80.2 Å². The van der Waals surface area contributed by atoms with E-state index in [-0.39, 0.29) is 25.7 Å². The van der Waals surface area contributed by atoms with Crippen LogP contribution in [0, 0.1) is 11.8 Å². The summed E-state index contributed by atoms with van der Waals surface area (Å²) in [5.74, 6) is -0.577. The topological polar surface area (TPSA) is 237 Å². The van der Waals surface area contributed by atoms with Gasteiger partial charge in [-0.15, -0.1) is 0 Å². The van der Waals surface area contributed by atoms with E-state index < -0.39 is 97.5 Å². The summed E-state index contributed by atoms with van der Waals surface area (Å²) in [6.45, 7) is 9.55. The largest absolute Gasteiger partial charge is 0.472 e. The molecule has 0 aliphatic heterocycles. The molecule has 0 aromatic heterocycles. The summed E-state index contributed by atoms with van der Waals surface area (Å²) in [7, 11) is -9.90. The van der Waals surface area contributed by atoms with Gasteiger partial charge in [-0.2, -0.15) is 0 Å².